The zero-order chi connectivity index (χ0) is 11.1. The minimum atomic E-state index is -0.203. The van der Waals surface area contributed by atoms with E-state index in [4.69, 9.17) is 11.6 Å². The topological polar surface area (TPSA) is 59.0 Å². The lowest BCUT2D eigenvalue weighted by atomic mass is 9.96. The second-order valence-electron chi connectivity index (χ2n) is 4.44. The number of halogens is 1. The molecule has 1 aromatic heterocycles. The maximum atomic E-state index is 11.8. The lowest BCUT2D eigenvalue weighted by Gasteiger charge is -2.20. The Balaban J connectivity index is 1.65. The molecule has 0 spiro atoms. The monoisotopic (exact) mass is 240 g/mol. The Kier molecular flexibility index (Phi) is 2.37. The summed E-state index contributed by atoms with van der Waals surface area (Å²) in [5.41, 5.74) is 0. The molecule has 2 saturated heterocycles. The molecular weight excluding hydrogens is 228 g/mol. The normalized spacial score (nSPS) is 31.9. The van der Waals surface area contributed by atoms with Crippen LogP contribution in [0.5, 0.6) is 0 Å². The molecule has 0 aliphatic carbocycles. The maximum absolute atomic E-state index is 11.8. The molecule has 86 valence electrons. The van der Waals surface area contributed by atoms with E-state index in [9.17, 15) is 4.79 Å². The van der Waals surface area contributed by atoms with Crippen molar-refractivity contribution in [3.8, 4) is 0 Å². The third kappa shape index (κ3) is 1.70. The van der Waals surface area contributed by atoms with Gasteiger partial charge in [0.2, 0.25) is 0 Å². The highest BCUT2D eigenvalue weighted by atomic mass is 35.5. The third-order valence-corrected chi connectivity index (χ3v) is 3.56. The van der Waals surface area contributed by atoms with Gasteiger partial charge >= 0.3 is 6.03 Å². The summed E-state index contributed by atoms with van der Waals surface area (Å²) in [5, 5.41) is 10.8. The van der Waals surface area contributed by atoms with Crippen LogP contribution in [-0.4, -0.2) is 33.9 Å². The fraction of sp³-hybridized carbons (Fsp3) is 0.600. The molecule has 2 aliphatic heterocycles. The summed E-state index contributed by atoms with van der Waals surface area (Å²) in [6.45, 7) is 0. The van der Waals surface area contributed by atoms with Crippen molar-refractivity contribution in [1.82, 2.24) is 20.4 Å². The van der Waals surface area contributed by atoms with E-state index >= 15 is 0 Å². The van der Waals surface area contributed by atoms with Gasteiger partial charge in [-0.15, -0.1) is 0 Å². The number of nitrogens with zero attached hydrogens (tertiary/aromatic N) is 2. The van der Waals surface area contributed by atoms with E-state index < -0.39 is 0 Å². The molecular formula is C10H13ClN4O. The number of carbonyl (C=O) groups excluding carboxylic acids is 1. The number of aromatic nitrogens is 2. The SMILES string of the molecule is O=C(N[C@@H]1C[C@H]2CC[C@@H]1N2)n1cc(Cl)cn1. The summed E-state index contributed by atoms with van der Waals surface area (Å²) < 4.78 is 1.24. The Morgan fingerprint density at radius 1 is 1.62 bits per heavy atom. The second kappa shape index (κ2) is 3.75. The van der Waals surface area contributed by atoms with Crippen molar-refractivity contribution < 1.29 is 4.79 Å². The fourth-order valence-corrected chi connectivity index (χ4v) is 2.76. The second-order valence-corrected chi connectivity index (χ2v) is 4.88. The molecule has 2 N–H and O–H groups in total. The van der Waals surface area contributed by atoms with Crippen LogP contribution in [0.1, 0.15) is 19.3 Å². The lowest BCUT2D eigenvalue weighted by Crippen LogP contribution is -2.44. The van der Waals surface area contributed by atoms with Gasteiger partial charge < -0.3 is 10.6 Å². The zero-order valence-electron chi connectivity index (χ0n) is 8.69. The maximum Gasteiger partial charge on any atom is 0.342 e. The quantitative estimate of drug-likeness (QED) is 0.770. The van der Waals surface area contributed by atoms with Crippen LogP contribution in [0.3, 0.4) is 0 Å². The van der Waals surface area contributed by atoms with Gasteiger partial charge in [0.25, 0.3) is 0 Å². The first kappa shape index (κ1) is 10.1. The van der Waals surface area contributed by atoms with E-state index in [2.05, 4.69) is 15.7 Å². The van der Waals surface area contributed by atoms with Crippen LogP contribution in [0.2, 0.25) is 5.02 Å². The van der Waals surface area contributed by atoms with Crippen molar-refractivity contribution in [2.24, 2.45) is 0 Å². The van der Waals surface area contributed by atoms with Gasteiger partial charge in [0.05, 0.1) is 17.4 Å². The van der Waals surface area contributed by atoms with E-state index in [0.717, 1.165) is 12.8 Å². The van der Waals surface area contributed by atoms with Crippen LogP contribution in [0.15, 0.2) is 12.4 Å². The summed E-state index contributed by atoms with van der Waals surface area (Å²) in [6.07, 6.45) is 6.36. The first-order valence-corrected chi connectivity index (χ1v) is 5.87. The highest BCUT2D eigenvalue weighted by Gasteiger charge is 2.39. The molecule has 2 bridgehead atoms. The van der Waals surface area contributed by atoms with Crippen LogP contribution < -0.4 is 10.6 Å². The van der Waals surface area contributed by atoms with Crippen LogP contribution in [-0.2, 0) is 0 Å². The predicted octanol–water partition coefficient (Wildman–Crippen LogP) is 0.987. The number of hydrogen-bond donors (Lipinski definition) is 2. The zero-order valence-corrected chi connectivity index (χ0v) is 9.44. The fourth-order valence-electron chi connectivity index (χ4n) is 2.62. The first-order chi connectivity index (χ1) is 7.72. The highest BCUT2D eigenvalue weighted by molar-refractivity contribution is 6.30. The molecule has 16 heavy (non-hydrogen) atoms. The average Bonchev–Trinajstić information content (AvgIpc) is 2.92. The number of fused-ring (bicyclic) bond motifs is 2. The highest BCUT2D eigenvalue weighted by Crippen LogP contribution is 2.28. The van der Waals surface area contributed by atoms with Gasteiger partial charge in [-0.05, 0) is 19.3 Å². The van der Waals surface area contributed by atoms with E-state index in [1.165, 1.54) is 23.5 Å². The molecule has 0 unspecified atom stereocenters. The average molecular weight is 241 g/mol. The molecule has 5 nitrogen and oxygen atoms in total. The van der Waals surface area contributed by atoms with Gasteiger partial charge in [0, 0.05) is 18.1 Å². The van der Waals surface area contributed by atoms with Crippen molar-refractivity contribution in [3.05, 3.63) is 17.4 Å². The van der Waals surface area contributed by atoms with Gasteiger partial charge in [0.1, 0.15) is 0 Å². The van der Waals surface area contributed by atoms with Gasteiger partial charge in [-0.2, -0.15) is 9.78 Å². The van der Waals surface area contributed by atoms with Crippen molar-refractivity contribution in [3.63, 3.8) is 0 Å². The Morgan fingerprint density at radius 2 is 2.50 bits per heavy atom. The Morgan fingerprint density at radius 3 is 3.06 bits per heavy atom. The molecule has 0 radical (unpaired) electrons. The number of carbonyl (C=O) groups is 1. The molecule has 3 rings (SSSR count). The first-order valence-electron chi connectivity index (χ1n) is 5.49. The summed E-state index contributed by atoms with van der Waals surface area (Å²) >= 11 is 5.71. The molecule has 3 atom stereocenters. The Labute approximate surface area is 98.1 Å². The van der Waals surface area contributed by atoms with Crippen molar-refractivity contribution in [2.75, 3.05) is 0 Å². The van der Waals surface area contributed by atoms with E-state index in [0.29, 0.717) is 17.1 Å². The van der Waals surface area contributed by atoms with Gasteiger partial charge in [-0.25, -0.2) is 4.79 Å². The summed E-state index contributed by atoms with van der Waals surface area (Å²) in [7, 11) is 0. The standard InChI is InChI=1S/C10H13ClN4O/c11-6-4-12-15(5-6)10(16)14-9-3-7-1-2-8(9)13-7/h4-5,7-9,13H,1-3H2,(H,14,16)/t7-,8+,9-/m1/s1. The number of amides is 1. The van der Waals surface area contributed by atoms with E-state index in [1.54, 1.807) is 0 Å². The van der Waals surface area contributed by atoms with Crippen molar-refractivity contribution in [2.45, 2.75) is 37.4 Å². The molecule has 6 heteroatoms. The molecule has 2 aliphatic rings. The van der Waals surface area contributed by atoms with Gasteiger partial charge in [-0.1, -0.05) is 11.6 Å². The lowest BCUT2D eigenvalue weighted by molar-refractivity contribution is 0.233. The largest absolute Gasteiger partial charge is 0.342 e. The van der Waals surface area contributed by atoms with Crippen LogP contribution in [0, 0.1) is 0 Å². The number of rotatable bonds is 1. The van der Waals surface area contributed by atoms with Gasteiger partial charge in [-0.3, -0.25) is 0 Å². The van der Waals surface area contributed by atoms with E-state index in [1.807, 2.05) is 0 Å². The van der Waals surface area contributed by atoms with Crippen LogP contribution in [0.4, 0.5) is 4.79 Å². The smallest absolute Gasteiger partial charge is 0.332 e. The minimum Gasteiger partial charge on any atom is -0.332 e. The number of hydrogen-bond acceptors (Lipinski definition) is 3. The molecule has 0 saturated carbocycles. The molecule has 1 amide bonds. The predicted molar refractivity (Wildman–Crippen MR) is 59.5 cm³/mol. The van der Waals surface area contributed by atoms with Gasteiger partial charge in [0.15, 0.2) is 0 Å². The summed E-state index contributed by atoms with van der Waals surface area (Å²) in [5.74, 6) is 0. The summed E-state index contributed by atoms with van der Waals surface area (Å²) in [6, 6.07) is 1.04. The van der Waals surface area contributed by atoms with Crippen molar-refractivity contribution >= 4 is 17.6 Å². The van der Waals surface area contributed by atoms with E-state index in [-0.39, 0.29) is 12.1 Å². The molecule has 1 aromatic rings. The Hall–Kier alpha value is -1.07. The van der Waals surface area contributed by atoms with Crippen LogP contribution >= 0.6 is 11.6 Å². The molecule has 3 heterocycles. The Bertz CT molecular complexity index is 419. The van der Waals surface area contributed by atoms with Crippen molar-refractivity contribution in [1.29, 1.82) is 0 Å². The third-order valence-electron chi connectivity index (χ3n) is 3.37. The van der Waals surface area contributed by atoms with Crippen LogP contribution in [0.25, 0.3) is 0 Å². The summed E-state index contributed by atoms with van der Waals surface area (Å²) in [4.78, 5) is 11.8. The number of nitrogens with one attached hydrogen (secondary N) is 2. The molecule has 2 fully saturated rings. The minimum absolute atomic E-state index is 0.203. The molecule has 0 aromatic carbocycles.